The first kappa shape index (κ1) is 24.9. The van der Waals surface area contributed by atoms with Crippen LogP contribution in [0.4, 0.5) is 0 Å². The molecule has 7 heteroatoms. The number of nitrogens with zero attached hydrogens (tertiary/aromatic N) is 2. The van der Waals surface area contributed by atoms with Gasteiger partial charge in [0.15, 0.2) is 11.5 Å². The zero-order valence-electron chi connectivity index (χ0n) is 20.5. The van der Waals surface area contributed by atoms with Crippen LogP contribution in [-0.2, 0) is 17.9 Å². The van der Waals surface area contributed by atoms with Gasteiger partial charge in [-0.1, -0.05) is 38.1 Å². The SMILES string of the molecule is COc1cc(OC)c(OC)cc1CNC(=O)CN1CCN(Cc2ccc(C(C)C)cc2)CC1. The Bertz CT molecular complexity index is 906. The highest BCUT2D eigenvalue weighted by Crippen LogP contribution is 2.34. The van der Waals surface area contributed by atoms with Gasteiger partial charge in [-0.25, -0.2) is 0 Å². The molecule has 1 amide bonds. The number of methoxy groups -OCH3 is 3. The number of hydrogen-bond acceptors (Lipinski definition) is 6. The Labute approximate surface area is 197 Å². The minimum absolute atomic E-state index is 0.00422. The summed E-state index contributed by atoms with van der Waals surface area (Å²) in [6, 6.07) is 12.5. The molecule has 7 nitrogen and oxygen atoms in total. The van der Waals surface area contributed by atoms with Gasteiger partial charge in [0, 0.05) is 50.9 Å². The predicted octanol–water partition coefficient (Wildman–Crippen LogP) is 3.27. The van der Waals surface area contributed by atoms with Gasteiger partial charge in [0.05, 0.1) is 27.9 Å². The molecule has 2 aromatic rings. The second-order valence-corrected chi connectivity index (χ2v) is 8.74. The summed E-state index contributed by atoms with van der Waals surface area (Å²) in [5, 5.41) is 3.00. The first-order valence-electron chi connectivity index (χ1n) is 11.5. The highest BCUT2D eigenvalue weighted by molar-refractivity contribution is 5.78. The van der Waals surface area contributed by atoms with Crippen LogP contribution in [0.1, 0.15) is 36.5 Å². The zero-order chi connectivity index (χ0) is 23.8. The van der Waals surface area contributed by atoms with E-state index in [1.165, 1.54) is 11.1 Å². The minimum atomic E-state index is 0.00422. The quantitative estimate of drug-likeness (QED) is 0.593. The van der Waals surface area contributed by atoms with Crippen molar-refractivity contribution in [1.82, 2.24) is 15.1 Å². The van der Waals surface area contributed by atoms with Crippen LogP contribution in [0, 0.1) is 0 Å². The van der Waals surface area contributed by atoms with Crippen LogP contribution in [0.15, 0.2) is 36.4 Å². The number of carbonyl (C=O) groups excluding carboxylic acids is 1. The topological polar surface area (TPSA) is 63.3 Å². The molecule has 0 saturated carbocycles. The van der Waals surface area contributed by atoms with Crippen molar-refractivity contribution >= 4 is 5.91 Å². The summed E-state index contributed by atoms with van der Waals surface area (Å²) in [5.74, 6) is 2.42. The maximum Gasteiger partial charge on any atom is 0.234 e. The highest BCUT2D eigenvalue weighted by atomic mass is 16.5. The fourth-order valence-corrected chi connectivity index (χ4v) is 4.06. The van der Waals surface area contributed by atoms with Crippen molar-refractivity contribution in [2.45, 2.75) is 32.9 Å². The van der Waals surface area contributed by atoms with E-state index in [2.05, 4.69) is 53.2 Å². The molecule has 1 N–H and O–H groups in total. The maximum absolute atomic E-state index is 12.6. The van der Waals surface area contributed by atoms with Crippen molar-refractivity contribution in [3.8, 4) is 17.2 Å². The van der Waals surface area contributed by atoms with Crippen molar-refractivity contribution in [3.05, 3.63) is 53.1 Å². The van der Waals surface area contributed by atoms with Gasteiger partial charge >= 0.3 is 0 Å². The minimum Gasteiger partial charge on any atom is -0.496 e. The molecule has 1 aliphatic rings. The lowest BCUT2D eigenvalue weighted by Gasteiger charge is -2.34. The van der Waals surface area contributed by atoms with Crippen molar-refractivity contribution in [2.24, 2.45) is 0 Å². The Kier molecular flexibility index (Phi) is 8.97. The summed E-state index contributed by atoms with van der Waals surface area (Å²) in [4.78, 5) is 17.2. The van der Waals surface area contributed by atoms with Gasteiger partial charge in [-0.05, 0) is 23.1 Å². The molecule has 33 heavy (non-hydrogen) atoms. The zero-order valence-corrected chi connectivity index (χ0v) is 20.5. The fraction of sp³-hybridized carbons (Fsp3) is 0.500. The van der Waals surface area contributed by atoms with Crippen LogP contribution >= 0.6 is 0 Å². The van der Waals surface area contributed by atoms with Crippen LogP contribution in [0.3, 0.4) is 0 Å². The van der Waals surface area contributed by atoms with Crippen LogP contribution in [0.25, 0.3) is 0 Å². The summed E-state index contributed by atoms with van der Waals surface area (Å²) >= 11 is 0. The standard InChI is InChI=1S/C26H37N3O4/c1-19(2)21-8-6-20(7-9-21)17-28-10-12-29(13-11-28)18-26(30)27-16-22-14-24(32-4)25(33-5)15-23(22)31-3/h6-9,14-15,19H,10-13,16-18H2,1-5H3,(H,27,30). The van der Waals surface area contributed by atoms with E-state index in [1.807, 2.05) is 6.07 Å². The largest absolute Gasteiger partial charge is 0.496 e. The Morgan fingerprint density at radius 1 is 0.879 bits per heavy atom. The molecule has 0 bridgehead atoms. The maximum atomic E-state index is 12.6. The third-order valence-electron chi connectivity index (χ3n) is 6.15. The number of hydrogen-bond donors (Lipinski definition) is 1. The van der Waals surface area contributed by atoms with E-state index in [1.54, 1.807) is 27.4 Å². The van der Waals surface area contributed by atoms with E-state index in [4.69, 9.17) is 14.2 Å². The molecule has 0 radical (unpaired) electrons. The molecular formula is C26H37N3O4. The first-order chi connectivity index (χ1) is 15.9. The smallest absolute Gasteiger partial charge is 0.234 e. The second-order valence-electron chi connectivity index (χ2n) is 8.74. The Hall–Kier alpha value is -2.77. The molecular weight excluding hydrogens is 418 g/mol. The van der Waals surface area contributed by atoms with Gasteiger partial charge in [-0.15, -0.1) is 0 Å². The average Bonchev–Trinajstić information content (AvgIpc) is 2.83. The number of benzene rings is 2. The van der Waals surface area contributed by atoms with Crippen molar-refractivity contribution < 1.29 is 19.0 Å². The lowest BCUT2D eigenvalue weighted by atomic mass is 10.0. The predicted molar refractivity (Wildman–Crippen MR) is 130 cm³/mol. The molecule has 0 unspecified atom stereocenters. The van der Waals surface area contributed by atoms with Crippen LogP contribution in [0.2, 0.25) is 0 Å². The van der Waals surface area contributed by atoms with Crippen molar-refractivity contribution in [3.63, 3.8) is 0 Å². The summed E-state index contributed by atoms with van der Waals surface area (Å²) < 4.78 is 16.1. The highest BCUT2D eigenvalue weighted by Gasteiger charge is 2.19. The Morgan fingerprint density at radius 2 is 1.45 bits per heavy atom. The lowest BCUT2D eigenvalue weighted by Crippen LogP contribution is -2.49. The molecule has 2 aromatic carbocycles. The number of rotatable bonds is 10. The van der Waals surface area contributed by atoms with E-state index in [0.717, 1.165) is 38.3 Å². The normalized spacial score (nSPS) is 14.8. The van der Waals surface area contributed by atoms with Gasteiger partial charge in [0.25, 0.3) is 0 Å². The molecule has 1 fully saturated rings. The molecule has 3 rings (SSSR count). The number of ether oxygens (including phenoxy) is 3. The number of carbonyl (C=O) groups is 1. The molecule has 1 saturated heterocycles. The molecule has 0 spiro atoms. The van der Waals surface area contributed by atoms with Crippen LogP contribution in [-0.4, -0.2) is 69.8 Å². The average molecular weight is 456 g/mol. The van der Waals surface area contributed by atoms with E-state index in [0.29, 0.717) is 36.3 Å². The molecule has 0 aromatic heterocycles. The van der Waals surface area contributed by atoms with Crippen LogP contribution in [0.5, 0.6) is 17.2 Å². The first-order valence-corrected chi connectivity index (χ1v) is 11.5. The monoisotopic (exact) mass is 455 g/mol. The molecule has 1 aliphatic heterocycles. The summed E-state index contributed by atoms with van der Waals surface area (Å²) in [5.41, 5.74) is 3.56. The lowest BCUT2D eigenvalue weighted by molar-refractivity contribution is -0.122. The summed E-state index contributed by atoms with van der Waals surface area (Å²) in [6.45, 7) is 9.85. The third kappa shape index (κ3) is 6.85. The van der Waals surface area contributed by atoms with Crippen molar-refractivity contribution in [1.29, 1.82) is 0 Å². The summed E-state index contributed by atoms with van der Waals surface area (Å²) in [7, 11) is 4.78. The van der Waals surface area contributed by atoms with Crippen molar-refractivity contribution in [2.75, 3.05) is 54.1 Å². The second kappa shape index (κ2) is 11.9. The van der Waals surface area contributed by atoms with Gasteiger partial charge < -0.3 is 19.5 Å². The molecule has 180 valence electrons. The molecule has 1 heterocycles. The van der Waals surface area contributed by atoms with Gasteiger partial charge in [0.1, 0.15) is 5.75 Å². The van der Waals surface area contributed by atoms with E-state index < -0.39 is 0 Å². The number of piperazine rings is 1. The Morgan fingerprint density at radius 3 is 2.03 bits per heavy atom. The third-order valence-corrected chi connectivity index (χ3v) is 6.15. The Balaban J connectivity index is 1.45. The van der Waals surface area contributed by atoms with Crippen LogP contribution < -0.4 is 19.5 Å². The van der Waals surface area contributed by atoms with E-state index in [9.17, 15) is 4.79 Å². The number of amides is 1. The fourth-order valence-electron chi connectivity index (χ4n) is 4.06. The molecule has 0 aliphatic carbocycles. The van der Waals surface area contributed by atoms with Gasteiger partial charge in [-0.3, -0.25) is 14.6 Å². The van der Waals surface area contributed by atoms with E-state index in [-0.39, 0.29) is 5.91 Å². The molecule has 0 atom stereocenters. The van der Waals surface area contributed by atoms with Gasteiger partial charge in [-0.2, -0.15) is 0 Å². The summed E-state index contributed by atoms with van der Waals surface area (Å²) in [6.07, 6.45) is 0. The number of nitrogens with one attached hydrogen (secondary N) is 1. The van der Waals surface area contributed by atoms with E-state index >= 15 is 0 Å². The van der Waals surface area contributed by atoms with Gasteiger partial charge in [0.2, 0.25) is 5.91 Å².